The molecule has 0 aliphatic carbocycles. The molecule has 0 aliphatic heterocycles. The van der Waals surface area contributed by atoms with Gasteiger partial charge in [-0.1, -0.05) is 41.9 Å². The Labute approximate surface area is 155 Å². The van der Waals surface area contributed by atoms with Crippen molar-refractivity contribution in [1.82, 2.24) is 4.98 Å². The van der Waals surface area contributed by atoms with Gasteiger partial charge in [-0.25, -0.2) is 4.98 Å². The second kappa shape index (κ2) is 8.14. The second-order valence-corrected chi connectivity index (χ2v) is 6.57. The van der Waals surface area contributed by atoms with E-state index in [0.717, 1.165) is 21.9 Å². The molecule has 3 rings (SSSR count). The molecule has 128 valence electrons. The van der Waals surface area contributed by atoms with Crippen molar-refractivity contribution < 1.29 is 14.3 Å². The van der Waals surface area contributed by atoms with Crippen LogP contribution in [-0.2, 0) is 22.6 Å². The van der Waals surface area contributed by atoms with Gasteiger partial charge in [0.15, 0.2) is 0 Å². The lowest BCUT2D eigenvalue weighted by atomic mass is 10.1. The summed E-state index contributed by atoms with van der Waals surface area (Å²) in [4.78, 5) is 16.5. The summed E-state index contributed by atoms with van der Waals surface area (Å²) in [5, 5.41) is 3.34. The average molecular weight is 374 g/mol. The maximum absolute atomic E-state index is 12.0. The van der Waals surface area contributed by atoms with Crippen LogP contribution in [0.4, 0.5) is 0 Å². The number of halogens is 1. The normalized spacial score (nSPS) is 10.5. The van der Waals surface area contributed by atoms with E-state index in [-0.39, 0.29) is 19.0 Å². The number of nitrogens with zero attached hydrogens (tertiary/aromatic N) is 1. The van der Waals surface area contributed by atoms with E-state index >= 15 is 0 Å². The molecule has 0 saturated heterocycles. The number of hydrogen-bond acceptors (Lipinski definition) is 5. The van der Waals surface area contributed by atoms with Gasteiger partial charge in [0.25, 0.3) is 0 Å². The van der Waals surface area contributed by atoms with E-state index in [0.29, 0.717) is 10.7 Å². The Morgan fingerprint density at radius 1 is 1.16 bits per heavy atom. The number of ether oxygens (including phenoxy) is 2. The van der Waals surface area contributed by atoms with Crippen LogP contribution in [0.5, 0.6) is 5.75 Å². The van der Waals surface area contributed by atoms with Crippen LogP contribution in [0.3, 0.4) is 0 Å². The number of carbonyl (C=O) groups is 1. The van der Waals surface area contributed by atoms with Crippen LogP contribution in [-0.4, -0.2) is 18.1 Å². The Bertz CT molecular complexity index is 861. The smallest absolute Gasteiger partial charge is 0.310 e. The van der Waals surface area contributed by atoms with E-state index in [1.54, 1.807) is 7.11 Å². The SMILES string of the molecule is COc1ccc(CC(=O)OCc2csc(-c3ccccc3Cl)n2)cc1. The third-order valence-electron chi connectivity index (χ3n) is 3.54. The number of carbonyl (C=O) groups excluding carboxylic acids is 1. The molecule has 0 amide bonds. The standard InChI is InChI=1S/C19H16ClNO3S/c1-23-15-8-6-13(7-9-15)10-18(22)24-11-14-12-25-19(21-14)16-4-2-3-5-17(16)20/h2-9,12H,10-11H2,1H3. The average Bonchev–Trinajstić information content (AvgIpc) is 3.10. The molecule has 25 heavy (non-hydrogen) atoms. The third kappa shape index (κ3) is 4.59. The molecule has 1 aromatic heterocycles. The minimum Gasteiger partial charge on any atom is -0.497 e. The molecule has 0 radical (unpaired) electrons. The molecule has 0 saturated carbocycles. The van der Waals surface area contributed by atoms with Crippen LogP contribution in [0.15, 0.2) is 53.9 Å². The lowest BCUT2D eigenvalue weighted by Crippen LogP contribution is -2.08. The van der Waals surface area contributed by atoms with E-state index in [1.807, 2.05) is 53.9 Å². The zero-order valence-corrected chi connectivity index (χ0v) is 15.1. The summed E-state index contributed by atoms with van der Waals surface area (Å²) in [5.74, 6) is 0.462. The first-order valence-corrected chi connectivity index (χ1v) is 8.89. The number of benzene rings is 2. The Morgan fingerprint density at radius 2 is 1.92 bits per heavy atom. The van der Waals surface area contributed by atoms with E-state index in [2.05, 4.69) is 4.98 Å². The molecule has 0 fully saturated rings. The molecule has 6 heteroatoms. The topological polar surface area (TPSA) is 48.4 Å². The van der Waals surface area contributed by atoms with Gasteiger partial charge in [0.1, 0.15) is 17.4 Å². The zero-order chi connectivity index (χ0) is 17.6. The molecule has 1 heterocycles. The minimum absolute atomic E-state index is 0.149. The van der Waals surface area contributed by atoms with Gasteiger partial charge >= 0.3 is 5.97 Å². The lowest BCUT2D eigenvalue weighted by molar-refractivity contribution is -0.144. The molecule has 0 bridgehead atoms. The highest BCUT2D eigenvalue weighted by molar-refractivity contribution is 7.13. The molecular weight excluding hydrogens is 358 g/mol. The second-order valence-electron chi connectivity index (χ2n) is 5.31. The van der Waals surface area contributed by atoms with Crippen LogP contribution in [0, 0.1) is 0 Å². The third-order valence-corrected chi connectivity index (χ3v) is 4.80. The zero-order valence-electron chi connectivity index (χ0n) is 13.6. The fraction of sp³-hybridized carbons (Fsp3) is 0.158. The Hall–Kier alpha value is -2.37. The quantitative estimate of drug-likeness (QED) is 0.584. The Kier molecular flexibility index (Phi) is 5.68. The minimum atomic E-state index is -0.294. The van der Waals surface area contributed by atoms with E-state index in [1.165, 1.54) is 11.3 Å². The van der Waals surface area contributed by atoms with Gasteiger partial charge in [-0.2, -0.15) is 0 Å². The summed E-state index contributed by atoms with van der Waals surface area (Å²) < 4.78 is 10.4. The van der Waals surface area contributed by atoms with Crippen LogP contribution < -0.4 is 4.74 Å². The van der Waals surface area contributed by atoms with E-state index < -0.39 is 0 Å². The number of thiazole rings is 1. The van der Waals surface area contributed by atoms with Gasteiger partial charge in [-0.05, 0) is 23.8 Å². The van der Waals surface area contributed by atoms with Gasteiger partial charge in [0.05, 0.1) is 24.2 Å². The van der Waals surface area contributed by atoms with E-state index in [4.69, 9.17) is 21.1 Å². The van der Waals surface area contributed by atoms with Crippen molar-refractivity contribution in [2.75, 3.05) is 7.11 Å². The van der Waals surface area contributed by atoms with Crippen molar-refractivity contribution in [1.29, 1.82) is 0 Å². The van der Waals surface area contributed by atoms with Gasteiger partial charge < -0.3 is 9.47 Å². The fourth-order valence-corrected chi connectivity index (χ4v) is 3.37. The highest BCUT2D eigenvalue weighted by atomic mass is 35.5. The monoisotopic (exact) mass is 373 g/mol. The van der Waals surface area contributed by atoms with Crippen LogP contribution in [0.25, 0.3) is 10.6 Å². The van der Waals surface area contributed by atoms with Crippen LogP contribution in [0.2, 0.25) is 5.02 Å². The van der Waals surface area contributed by atoms with Gasteiger partial charge in [0, 0.05) is 10.9 Å². The van der Waals surface area contributed by atoms with Crippen molar-refractivity contribution in [2.45, 2.75) is 13.0 Å². The number of esters is 1. The van der Waals surface area contributed by atoms with Crippen molar-refractivity contribution in [2.24, 2.45) is 0 Å². The summed E-state index contributed by atoms with van der Waals surface area (Å²) in [6, 6.07) is 14.9. The molecule has 0 N–H and O–H groups in total. The summed E-state index contributed by atoms with van der Waals surface area (Å²) in [6.45, 7) is 0.149. The Balaban J connectivity index is 1.56. The summed E-state index contributed by atoms with van der Waals surface area (Å²) >= 11 is 7.66. The van der Waals surface area contributed by atoms with Gasteiger partial charge in [0.2, 0.25) is 0 Å². The summed E-state index contributed by atoms with van der Waals surface area (Å²) in [7, 11) is 1.61. The first-order valence-electron chi connectivity index (χ1n) is 7.63. The maximum atomic E-state index is 12.0. The number of hydrogen-bond donors (Lipinski definition) is 0. The van der Waals surface area contributed by atoms with Crippen molar-refractivity contribution in [3.63, 3.8) is 0 Å². The van der Waals surface area contributed by atoms with Crippen molar-refractivity contribution >= 4 is 28.9 Å². The predicted molar refractivity (Wildman–Crippen MR) is 99.1 cm³/mol. The van der Waals surface area contributed by atoms with Crippen LogP contribution in [0.1, 0.15) is 11.3 Å². The van der Waals surface area contributed by atoms with Gasteiger partial charge in [-0.15, -0.1) is 11.3 Å². The van der Waals surface area contributed by atoms with Crippen molar-refractivity contribution in [3.8, 4) is 16.3 Å². The molecule has 0 atom stereocenters. The fourth-order valence-electron chi connectivity index (χ4n) is 2.25. The first kappa shape index (κ1) is 17.5. The molecule has 0 unspecified atom stereocenters. The largest absolute Gasteiger partial charge is 0.497 e. The number of rotatable bonds is 6. The molecule has 0 spiro atoms. The number of methoxy groups -OCH3 is 1. The molecular formula is C19H16ClNO3S. The molecule has 0 aliphatic rings. The molecule has 4 nitrogen and oxygen atoms in total. The lowest BCUT2D eigenvalue weighted by Gasteiger charge is -2.04. The Morgan fingerprint density at radius 3 is 2.64 bits per heavy atom. The highest BCUT2D eigenvalue weighted by Crippen LogP contribution is 2.30. The first-order chi connectivity index (χ1) is 12.2. The molecule has 2 aromatic carbocycles. The predicted octanol–water partition coefficient (Wildman–Crippen LogP) is 4.76. The molecule has 3 aromatic rings. The summed E-state index contributed by atoms with van der Waals surface area (Å²) in [5.41, 5.74) is 2.47. The van der Waals surface area contributed by atoms with Crippen LogP contribution >= 0.6 is 22.9 Å². The van der Waals surface area contributed by atoms with E-state index in [9.17, 15) is 4.79 Å². The highest BCUT2D eigenvalue weighted by Gasteiger charge is 2.10. The summed E-state index contributed by atoms with van der Waals surface area (Å²) in [6.07, 6.45) is 0.214. The maximum Gasteiger partial charge on any atom is 0.310 e. The number of aromatic nitrogens is 1. The van der Waals surface area contributed by atoms with Gasteiger partial charge in [-0.3, -0.25) is 4.79 Å². The van der Waals surface area contributed by atoms with Crippen molar-refractivity contribution in [3.05, 3.63) is 70.2 Å².